The first kappa shape index (κ1) is 19.4. The van der Waals surface area contributed by atoms with Crippen LogP contribution in [0.25, 0.3) is 16.6 Å². The minimum Gasteiger partial charge on any atom is -0.465 e. The van der Waals surface area contributed by atoms with Crippen molar-refractivity contribution in [2.24, 2.45) is 0 Å². The van der Waals surface area contributed by atoms with Crippen LogP contribution in [0.1, 0.15) is 36.7 Å². The molecule has 0 radical (unpaired) electrons. The molecule has 0 aliphatic carbocycles. The van der Waals surface area contributed by atoms with Gasteiger partial charge in [-0.3, -0.25) is 0 Å². The van der Waals surface area contributed by atoms with Crippen LogP contribution < -0.4 is 5.32 Å². The topological polar surface area (TPSA) is 82.5 Å². The maximum atomic E-state index is 12.0. The Morgan fingerprint density at radius 1 is 1.14 bits per heavy atom. The summed E-state index contributed by atoms with van der Waals surface area (Å²) < 4.78 is 11.8. The summed E-state index contributed by atoms with van der Waals surface area (Å²) in [6.45, 7) is 5.75. The first-order valence-corrected chi connectivity index (χ1v) is 8.90. The molecule has 0 saturated heterocycles. The van der Waals surface area contributed by atoms with E-state index in [9.17, 15) is 9.59 Å². The quantitative estimate of drug-likeness (QED) is 0.695. The molecular weight excluding hydrogens is 358 g/mol. The number of fused-ring (bicyclic) bond motifs is 1. The molecule has 7 heteroatoms. The van der Waals surface area contributed by atoms with Gasteiger partial charge in [-0.15, -0.1) is 0 Å². The van der Waals surface area contributed by atoms with Gasteiger partial charge in [-0.1, -0.05) is 18.2 Å². The van der Waals surface area contributed by atoms with Crippen molar-refractivity contribution in [3.8, 4) is 5.69 Å². The van der Waals surface area contributed by atoms with Gasteiger partial charge in [-0.2, -0.15) is 5.10 Å². The van der Waals surface area contributed by atoms with Crippen molar-refractivity contribution in [2.45, 2.75) is 32.9 Å². The number of carbonyl (C=O) groups excluding carboxylic acids is 2. The number of rotatable bonds is 4. The predicted octanol–water partition coefficient (Wildman–Crippen LogP) is 3.84. The molecule has 3 rings (SSSR count). The molecule has 2 aromatic carbocycles. The highest BCUT2D eigenvalue weighted by Crippen LogP contribution is 2.20. The molecule has 0 unspecified atom stereocenters. The van der Waals surface area contributed by atoms with E-state index < -0.39 is 17.7 Å². The number of esters is 1. The highest BCUT2D eigenvalue weighted by atomic mass is 16.6. The highest BCUT2D eigenvalue weighted by molar-refractivity contribution is 5.94. The zero-order chi connectivity index (χ0) is 20.3. The summed E-state index contributed by atoms with van der Waals surface area (Å²) in [5.41, 5.74) is 2.38. The zero-order valence-electron chi connectivity index (χ0n) is 16.4. The van der Waals surface area contributed by atoms with Gasteiger partial charge >= 0.3 is 12.1 Å². The van der Waals surface area contributed by atoms with Crippen molar-refractivity contribution in [2.75, 3.05) is 7.11 Å². The number of aromatic nitrogens is 2. The van der Waals surface area contributed by atoms with Crippen molar-refractivity contribution in [3.05, 3.63) is 59.8 Å². The highest BCUT2D eigenvalue weighted by Gasteiger charge is 2.16. The first-order valence-electron chi connectivity index (χ1n) is 8.90. The predicted molar refractivity (Wildman–Crippen MR) is 105 cm³/mol. The summed E-state index contributed by atoms with van der Waals surface area (Å²) in [5, 5.41) is 8.16. The number of hydrogen-bond acceptors (Lipinski definition) is 5. The molecule has 1 N–H and O–H groups in total. The average Bonchev–Trinajstić information content (AvgIpc) is 3.07. The SMILES string of the molecule is COC(=O)c1ccc2nn(-c3ccccc3CNC(=O)OC(C)(C)C)cc2c1. The van der Waals surface area contributed by atoms with Crippen LogP contribution in [0.15, 0.2) is 48.7 Å². The number of amides is 1. The van der Waals surface area contributed by atoms with E-state index in [1.807, 2.05) is 51.2 Å². The van der Waals surface area contributed by atoms with Gasteiger partial charge in [-0.05, 0) is 50.6 Å². The van der Waals surface area contributed by atoms with E-state index in [0.717, 1.165) is 22.2 Å². The maximum Gasteiger partial charge on any atom is 0.407 e. The third-order valence-electron chi connectivity index (χ3n) is 3.99. The van der Waals surface area contributed by atoms with Crippen LogP contribution in [0.4, 0.5) is 4.79 Å². The van der Waals surface area contributed by atoms with Crippen LogP contribution in [0.2, 0.25) is 0 Å². The zero-order valence-corrected chi connectivity index (χ0v) is 16.4. The average molecular weight is 381 g/mol. The molecule has 0 fully saturated rings. The summed E-state index contributed by atoms with van der Waals surface area (Å²) in [4.78, 5) is 23.7. The molecule has 1 aromatic heterocycles. The fourth-order valence-electron chi connectivity index (χ4n) is 2.76. The van der Waals surface area contributed by atoms with Gasteiger partial charge in [0.25, 0.3) is 0 Å². The molecule has 28 heavy (non-hydrogen) atoms. The van der Waals surface area contributed by atoms with Crippen LogP contribution in [0, 0.1) is 0 Å². The van der Waals surface area contributed by atoms with Crippen molar-refractivity contribution in [1.82, 2.24) is 15.1 Å². The van der Waals surface area contributed by atoms with Crippen LogP contribution in [0.5, 0.6) is 0 Å². The van der Waals surface area contributed by atoms with Gasteiger partial charge in [0.15, 0.2) is 0 Å². The fourth-order valence-corrected chi connectivity index (χ4v) is 2.76. The Labute approximate surface area is 163 Å². The Morgan fingerprint density at radius 2 is 1.89 bits per heavy atom. The van der Waals surface area contributed by atoms with E-state index in [2.05, 4.69) is 10.4 Å². The van der Waals surface area contributed by atoms with Crippen molar-refractivity contribution < 1.29 is 19.1 Å². The van der Waals surface area contributed by atoms with Crippen molar-refractivity contribution in [3.63, 3.8) is 0 Å². The van der Waals surface area contributed by atoms with E-state index in [1.54, 1.807) is 22.9 Å². The number of hydrogen-bond donors (Lipinski definition) is 1. The Balaban J connectivity index is 1.86. The normalized spacial score (nSPS) is 11.3. The first-order chi connectivity index (χ1) is 13.3. The lowest BCUT2D eigenvalue weighted by molar-refractivity contribution is 0.0522. The molecule has 1 heterocycles. The van der Waals surface area contributed by atoms with E-state index in [-0.39, 0.29) is 0 Å². The van der Waals surface area contributed by atoms with Crippen molar-refractivity contribution in [1.29, 1.82) is 0 Å². The number of para-hydroxylation sites is 1. The number of ether oxygens (including phenoxy) is 2. The molecule has 3 aromatic rings. The third kappa shape index (κ3) is 4.49. The second-order valence-electron chi connectivity index (χ2n) is 7.32. The number of alkyl carbamates (subject to hydrolysis) is 1. The van der Waals surface area contributed by atoms with Crippen molar-refractivity contribution >= 4 is 23.0 Å². The van der Waals surface area contributed by atoms with E-state index in [0.29, 0.717) is 12.1 Å². The van der Waals surface area contributed by atoms with Crippen LogP contribution in [-0.4, -0.2) is 34.6 Å². The van der Waals surface area contributed by atoms with E-state index in [1.165, 1.54) is 7.11 Å². The number of nitrogens with zero attached hydrogens (tertiary/aromatic N) is 2. The monoisotopic (exact) mass is 381 g/mol. The van der Waals surface area contributed by atoms with Crippen LogP contribution in [-0.2, 0) is 16.0 Å². The second-order valence-corrected chi connectivity index (χ2v) is 7.32. The van der Waals surface area contributed by atoms with Gasteiger partial charge in [0.2, 0.25) is 0 Å². The molecular formula is C21H23N3O4. The summed E-state index contributed by atoms with van der Waals surface area (Å²) in [6, 6.07) is 12.8. The summed E-state index contributed by atoms with van der Waals surface area (Å²) in [5.74, 6) is -0.392. The summed E-state index contributed by atoms with van der Waals surface area (Å²) >= 11 is 0. The van der Waals surface area contributed by atoms with Gasteiger partial charge < -0.3 is 14.8 Å². The lowest BCUT2D eigenvalue weighted by Gasteiger charge is -2.20. The molecule has 0 aliphatic rings. The molecule has 0 saturated carbocycles. The minimum absolute atomic E-state index is 0.300. The summed E-state index contributed by atoms with van der Waals surface area (Å²) in [7, 11) is 1.35. The number of carbonyl (C=O) groups is 2. The van der Waals surface area contributed by atoms with E-state index >= 15 is 0 Å². The largest absolute Gasteiger partial charge is 0.465 e. The van der Waals surface area contributed by atoms with E-state index in [4.69, 9.17) is 9.47 Å². The standard InChI is InChI=1S/C21H23N3O4/c1-21(2,3)28-20(26)22-12-15-7-5-6-8-18(15)24-13-16-11-14(19(25)27-4)9-10-17(16)23-24/h5-11,13H,12H2,1-4H3,(H,22,26). The number of methoxy groups -OCH3 is 1. The molecule has 0 atom stereocenters. The lowest BCUT2D eigenvalue weighted by atomic mass is 10.1. The molecule has 7 nitrogen and oxygen atoms in total. The second kappa shape index (κ2) is 7.72. The number of nitrogens with one attached hydrogen (secondary N) is 1. The molecule has 0 aliphatic heterocycles. The van der Waals surface area contributed by atoms with Crippen LogP contribution >= 0.6 is 0 Å². The van der Waals surface area contributed by atoms with Crippen LogP contribution in [0.3, 0.4) is 0 Å². The van der Waals surface area contributed by atoms with Gasteiger partial charge in [-0.25, -0.2) is 14.3 Å². The Morgan fingerprint density at radius 3 is 2.61 bits per heavy atom. The number of benzene rings is 2. The Bertz CT molecular complexity index is 1020. The Kier molecular flexibility index (Phi) is 5.35. The van der Waals surface area contributed by atoms with Gasteiger partial charge in [0.05, 0.1) is 23.9 Å². The lowest BCUT2D eigenvalue weighted by Crippen LogP contribution is -2.32. The molecule has 1 amide bonds. The molecule has 0 bridgehead atoms. The third-order valence-corrected chi connectivity index (χ3v) is 3.99. The maximum absolute atomic E-state index is 12.0. The smallest absolute Gasteiger partial charge is 0.407 e. The van der Waals surface area contributed by atoms with Gasteiger partial charge in [0, 0.05) is 18.1 Å². The summed E-state index contributed by atoms with van der Waals surface area (Å²) in [6.07, 6.45) is 1.37. The molecule has 0 spiro atoms. The minimum atomic E-state index is -0.555. The van der Waals surface area contributed by atoms with Gasteiger partial charge in [0.1, 0.15) is 5.60 Å². The molecule has 146 valence electrons. The fraction of sp³-hybridized carbons (Fsp3) is 0.286. The Hall–Kier alpha value is -3.35.